The van der Waals surface area contributed by atoms with Crippen LogP contribution in [0.15, 0.2) is 109 Å². The topological polar surface area (TPSA) is 78.9 Å². The maximum atomic E-state index is 12.8. The number of ether oxygens (including phenoxy) is 3. The van der Waals surface area contributed by atoms with Gasteiger partial charge in [-0.05, 0) is 103 Å². The van der Waals surface area contributed by atoms with Gasteiger partial charge in [-0.1, -0.05) is 226 Å². The summed E-state index contributed by atoms with van der Waals surface area (Å²) in [4.78, 5) is 38.1. The molecule has 0 radical (unpaired) electrons. The Balaban J connectivity index is 4.52. The van der Waals surface area contributed by atoms with E-state index in [-0.39, 0.29) is 37.5 Å². The van der Waals surface area contributed by atoms with Gasteiger partial charge in [0.25, 0.3) is 0 Å². The Labute approximate surface area is 412 Å². The monoisotopic (exact) mass is 929 g/mol. The Morgan fingerprint density at radius 2 is 0.582 bits per heavy atom. The number of esters is 3. The highest BCUT2D eigenvalue weighted by Crippen LogP contribution is 2.15. The quantitative estimate of drug-likeness (QED) is 0.0262. The van der Waals surface area contributed by atoms with Gasteiger partial charge in [-0.3, -0.25) is 14.4 Å². The fraction of sp³-hybridized carbons (Fsp3) is 0.656. The number of hydrogen-bond donors (Lipinski definition) is 0. The second-order valence-electron chi connectivity index (χ2n) is 17.7. The van der Waals surface area contributed by atoms with Crippen LogP contribution in [0.5, 0.6) is 0 Å². The molecule has 1 atom stereocenters. The van der Waals surface area contributed by atoms with Crippen molar-refractivity contribution in [1.29, 1.82) is 0 Å². The normalized spacial score (nSPS) is 12.9. The van der Waals surface area contributed by atoms with Gasteiger partial charge < -0.3 is 14.2 Å². The summed E-state index contributed by atoms with van der Waals surface area (Å²) in [6, 6.07) is 0. The second-order valence-corrected chi connectivity index (χ2v) is 17.7. The third-order valence-electron chi connectivity index (χ3n) is 11.3. The van der Waals surface area contributed by atoms with Gasteiger partial charge in [0.15, 0.2) is 6.10 Å². The molecule has 0 amide bonds. The third kappa shape index (κ3) is 52.9. The number of unbranched alkanes of at least 4 members (excludes halogenated alkanes) is 19. The number of rotatable bonds is 48. The van der Waals surface area contributed by atoms with Crippen molar-refractivity contribution in [2.75, 3.05) is 13.2 Å². The van der Waals surface area contributed by atoms with Crippen LogP contribution in [-0.2, 0) is 28.6 Å². The molecule has 67 heavy (non-hydrogen) atoms. The predicted molar refractivity (Wildman–Crippen MR) is 288 cm³/mol. The Bertz CT molecular complexity index is 1390. The molecule has 380 valence electrons. The molecule has 0 fully saturated rings. The highest BCUT2D eigenvalue weighted by Gasteiger charge is 2.19. The molecule has 6 nitrogen and oxygen atoms in total. The van der Waals surface area contributed by atoms with E-state index in [4.69, 9.17) is 14.2 Å². The molecule has 0 N–H and O–H groups in total. The lowest BCUT2D eigenvalue weighted by atomic mass is 10.0. The second kappa shape index (κ2) is 54.7. The largest absolute Gasteiger partial charge is 0.462 e. The van der Waals surface area contributed by atoms with E-state index in [1.165, 1.54) is 77.0 Å². The molecule has 0 aliphatic carbocycles. The number of hydrogen-bond acceptors (Lipinski definition) is 6. The van der Waals surface area contributed by atoms with Crippen molar-refractivity contribution >= 4 is 17.9 Å². The summed E-state index contributed by atoms with van der Waals surface area (Å²) in [7, 11) is 0. The molecule has 0 bridgehead atoms. The van der Waals surface area contributed by atoms with Crippen LogP contribution in [-0.4, -0.2) is 37.2 Å². The number of carbonyl (C=O) groups excluding carboxylic acids is 3. The lowest BCUT2D eigenvalue weighted by Crippen LogP contribution is -2.30. The van der Waals surface area contributed by atoms with Crippen LogP contribution in [0.2, 0.25) is 0 Å². The average Bonchev–Trinajstić information content (AvgIpc) is 3.33. The standard InChI is InChI=1S/C61H100O6/c1-4-7-10-13-16-19-22-25-28-29-30-31-34-37-40-43-46-49-52-55-61(64)67-58(56-65-59(62)53-50-47-44-41-38-35-32-26-23-20-17-14-11-8-5-2)57-66-60(63)54-51-48-45-42-39-36-33-27-24-21-18-15-12-9-6-3/h7-8,10-11,16-17,19-20,25-26,28,30-32,37-38,40-41,58H,4-6,9,12-15,18,21-24,27,29,33-36,39,42-57H2,1-3H3/b10-7-,11-8-,19-16-,20-17-,28-25-,31-30-,32-26-,40-37-,41-38-/t58-/m1/s1. The predicted octanol–water partition coefficient (Wildman–Crippen LogP) is 18.3. The maximum absolute atomic E-state index is 12.8. The molecule has 0 rings (SSSR count). The highest BCUT2D eigenvalue weighted by atomic mass is 16.6. The molecule has 0 saturated carbocycles. The zero-order valence-corrected chi connectivity index (χ0v) is 43.4. The molecule has 0 aromatic heterocycles. The molecule has 0 unspecified atom stereocenters. The van der Waals surface area contributed by atoms with Gasteiger partial charge in [0.1, 0.15) is 13.2 Å². The first kappa shape index (κ1) is 63.1. The van der Waals surface area contributed by atoms with Crippen LogP contribution in [0.3, 0.4) is 0 Å². The third-order valence-corrected chi connectivity index (χ3v) is 11.3. The highest BCUT2D eigenvalue weighted by molar-refractivity contribution is 5.71. The molecule has 0 aliphatic heterocycles. The van der Waals surface area contributed by atoms with E-state index >= 15 is 0 Å². The van der Waals surface area contributed by atoms with Crippen molar-refractivity contribution < 1.29 is 28.6 Å². The Morgan fingerprint density at radius 1 is 0.313 bits per heavy atom. The molecular weight excluding hydrogens is 829 g/mol. The first-order valence-electron chi connectivity index (χ1n) is 27.4. The van der Waals surface area contributed by atoms with Crippen molar-refractivity contribution in [3.8, 4) is 0 Å². The van der Waals surface area contributed by atoms with E-state index in [9.17, 15) is 14.4 Å². The first-order valence-corrected chi connectivity index (χ1v) is 27.4. The van der Waals surface area contributed by atoms with Crippen LogP contribution < -0.4 is 0 Å². The first-order chi connectivity index (χ1) is 33.0. The SMILES string of the molecule is CC/C=C\C/C=C\C/C=C\C/C=C\C/C=C\CCCCCC(=O)O[C@H](COC(=O)CCCC/C=C\C/C=C\C/C=C\C/C=C\CC)COC(=O)CCCCCCCCCCCCCCCCC. The molecule has 0 saturated heterocycles. The fourth-order valence-corrected chi connectivity index (χ4v) is 7.22. The van der Waals surface area contributed by atoms with E-state index in [1.807, 2.05) is 0 Å². The van der Waals surface area contributed by atoms with Crippen molar-refractivity contribution in [1.82, 2.24) is 0 Å². The summed E-state index contributed by atoms with van der Waals surface area (Å²) in [5, 5.41) is 0. The zero-order valence-electron chi connectivity index (χ0n) is 43.4. The summed E-state index contributed by atoms with van der Waals surface area (Å²) >= 11 is 0. The van der Waals surface area contributed by atoms with Gasteiger partial charge in [-0.15, -0.1) is 0 Å². The summed E-state index contributed by atoms with van der Waals surface area (Å²) in [6.45, 7) is 6.35. The van der Waals surface area contributed by atoms with Crippen LogP contribution >= 0.6 is 0 Å². The number of allylic oxidation sites excluding steroid dienone is 18. The van der Waals surface area contributed by atoms with E-state index < -0.39 is 6.10 Å². The van der Waals surface area contributed by atoms with E-state index in [0.29, 0.717) is 25.7 Å². The minimum Gasteiger partial charge on any atom is -0.462 e. The van der Waals surface area contributed by atoms with Crippen LogP contribution in [0.4, 0.5) is 0 Å². The minimum atomic E-state index is -0.813. The van der Waals surface area contributed by atoms with Crippen LogP contribution in [0, 0.1) is 0 Å². The molecule has 0 aromatic rings. The van der Waals surface area contributed by atoms with Gasteiger partial charge in [0.05, 0.1) is 0 Å². The van der Waals surface area contributed by atoms with Gasteiger partial charge >= 0.3 is 17.9 Å². The van der Waals surface area contributed by atoms with Crippen molar-refractivity contribution in [2.45, 2.75) is 245 Å². The van der Waals surface area contributed by atoms with Gasteiger partial charge in [0.2, 0.25) is 0 Å². The average molecular weight is 929 g/mol. The number of carbonyl (C=O) groups is 3. The zero-order chi connectivity index (χ0) is 48.6. The smallest absolute Gasteiger partial charge is 0.306 e. The molecule has 0 aromatic carbocycles. The van der Waals surface area contributed by atoms with E-state index in [1.54, 1.807) is 0 Å². The van der Waals surface area contributed by atoms with Crippen molar-refractivity contribution in [3.63, 3.8) is 0 Å². The molecule has 0 spiro atoms. The van der Waals surface area contributed by atoms with Crippen LogP contribution in [0.25, 0.3) is 0 Å². The lowest BCUT2D eigenvalue weighted by Gasteiger charge is -2.18. The molecule has 6 heteroatoms. The summed E-state index contributed by atoms with van der Waals surface area (Å²) in [5.41, 5.74) is 0. The minimum absolute atomic E-state index is 0.105. The maximum Gasteiger partial charge on any atom is 0.306 e. The summed E-state index contributed by atoms with van der Waals surface area (Å²) < 4.78 is 16.8. The Hall–Kier alpha value is -3.93. The fourth-order valence-electron chi connectivity index (χ4n) is 7.22. The van der Waals surface area contributed by atoms with Crippen LogP contribution in [0.1, 0.15) is 239 Å². The Morgan fingerprint density at radius 3 is 0.940 bits per heavy atom. The van der Waals surface area contributed by atoms with E-state index in [0.717, 1.165) is 109 Å². The van der Waals surface area contributed by atoms with Crippen molar-refractivity contribution in [2.24, 2.45) is 0 Å². The van der Waals surface area contributed by atoms with E-state index in [2.05, 4.69) is 130 Å². The summed E-state index contributed by atoms with van der Waals surface area (Å²) in [5.74, 6) is -0.981. The summed E-state index contributed by atoms with van der Waals surface area (Å²) in [6.07, 6.45) is 73.6. The van der Waals surface area contributed by atoms with Gasteiger partial charge in [-0.2, -0.15) is 0 Å². The molecule has 0 aliphatic rings. The molecular formula is C61H100O6. The van der Waals surface area contributed by atoms with Crippen molar-refractivity contribution in [3.05, 3.63) is 109 Å². The molecule has 0 heterocycles. The Kier molecular flexibility index (Phi) is 51.5. The lowest BCUT2D eigenvalue weighted by molar-refractivity contribution is -0.167. The van der Waals surface area contributed by atoms with Gasteiger partial charge in [0, 0.05) is 19.3 Å². The van der Waals surface area contributed by atoms with Gasteiger partial charge in [-0.25, -0.2) is 0 Å².